The van der Waals surface area contributed by atoms with Gasteiger partial charge in [-0.2, -0.15) is 0 Å². The summed E-state index contributed by atoms with van der Waals surface area (Å²) < 4.78 is 0. The van der Waals surface area contributed by atoms with Crippen LogP contribution in [0, 0.1) is 0 Å². The molecule has 0 aromatic carbocycles. The van der Waals surface area contributed by atoms with Gasteiger partial charge in [-0.05, 0) is 31.5 Å². The highest BCUT2D eigenvalue weighted by atomic mass is 35.5. The SMILES string of the molecule is NC1CC(c2cc(Cl)ccn2)CCN1. The van der Waals surface area contributed by atoms with E-state index in [4.69, 9.17) is 17.3 Å². The zero-order valence-electron chi connectivity index (χ0n) is 7.91. The van der Waals surface area contributed by atoms with Gasteiger partial charge in [-0.15, -0.1) is 0 Å². The molecule has 3 N–H and O–H groups in total. The largest absolute Gasteiger partial charge is 0.316 e. The number of rotatable bonds is 1. The van der Waals surface area contributed by atoms with Crippen molar-refractivity contribution in [1.29, 1.82) is 0 Å². The van der Waals surface area contributed by atoms with Gasteiger partial charge in [0.25, 0.3) is 0 Å². The normalized spacial score (nSPS) is 27.6. The molecular formula is C10H14ClN3. The van der Waals surface area contributed by atoms with Crippen LogP contribution in [-0.2, 0) is 0 Å². The van der Waals surface area contributed by atoms with E-state index < -0.39 is 0 Å². The first-order chi connectivity index (χ1) is 6.75. The third kappa shape index (κ3) is 2.23. The minimum absolute atomic E-state index is 0.0922. The van der Waals surface area contributed by atoms with Crippen LogP contribution < -0.4 is 11.1 Å². The van der Waals surface area contributed by atoms with Crippen molar-refractivity contribution in [1.82, 2.24) is 10.3 Å². The quantitative estimate of drug-likeness (QED) is 0.740. The molecule has 4 heteroatoms. The van der Waals surface area contributed by atoms with Crippen LogP contribution in [0.25, 0.3) is 0 Å². The second kappa shape index (κ2) is 4.26. The third-order valence-electron chi connectivity index (χ3n) is 2.60. The van der Waals surface area contributed by atoms with Crippen molar-refractivity contribution < 1.29 is 0 Å². The molecule has 1 saturated heterocycles. The van der Waals surface area contributed by atoms with E-state index in [-0.39, 0.29) is 6.17 Å². The van der Waals surface area contributed by atoms with Crippen LogP contribution in [0.3, 0.4) is 0 Å². The molecule has 1 fully saturated rings. The minimum Gasteiger partial charge on any atom is -0.316 e. The molecule has 0 saturated carbocycles. The van der Waals surface area contributed by atoms with Gasteiger partial charge in [0.05, 0.1) is 6.17 Å². The fourth-order valence-corrected chi connectivity index (χ4v) is 2.03. The van der Waals surface area contributed by atoms with Gasteiger partial charge >= 0.3 is 0 Å². The Balaban J connectivity index is 2.14. The van der Waals surface area contributed by atoms with Crippen molar-refractivity contribution in [2.24, 2.45) is 5.73 Å². The van der Waals surface area contributed by atoms with Gasteiger partial charge in [0, 0.05) is 22.8 Å². The van der Waals surface area contributed by atoms with Crippen molar-refractivity contribution in [2.75, 3.05) is 6.54 Å². The maximum atomic E-state index is 5.91. The molecule has 1 aliphatic rings. The number of pyridine rings is 1. The van der Waals surface area contributed by atoms with Crippen molar-refractivity contribution in [3.63, 3.8) is 0 Å². The molecule has 2 unspecified atom stereocenters. The van der Waals surface area contributed by atoms with Crippen LogP contribution in [0.1, 0.15) is 24.5 Å². The smallest absolute Gasteiger partial charge is 0.0552 e. The fraction of sp³-hybridized carbons (Fsp3) is 0.500. The predicted octanol–water partition coefficient (Wildman–Crippen LogP) is 1.49. The molecule has 2 atom stereocenters. The first-order valence-electron chi connectivity index (χ1n) is 4.86. The lowest BCUT2D eigenvalue weighted by Crippen LogP contribution is -2.43. The topological polar surface area (TPSA) is 50.9 Å². The van der Waals surface area contributed by atoms with Crippen LogP contribution in [0.15, 0.2) is 18.3 Å². The Morgan fingerprint density at radius 3 is 3.14 bits per heavy atom. The highest BCUT2D eigenvalue weighted by Gasteiger charge is 2.21. The number of nitrogens with zero attached hydrogens (tertiary/aromatic N) is 1. The van der Waals surface area contributed by atoms with E-state index in [0.29, 0.717) is 5.92 Å². The van der Waals surface area contributed by atoms with E-state index >= 15 is 0 Å². The maximum Gasteiger partial charge on any atom is 0.0552 e. The van der Waals surface area contributed by atoms with E-state index in [1.807, 2.05) is 6.07 Å². The van der Waals surface area contributed by atoms with Gasteiger partial charge in [-0.3, -0.25) is 4.98 Å². The standard InChI is InChI=1S/C10H14ClN3/c11-8-2-4-13-9(6-8)7-1-3-14-10(12)5-7/h2,4,6-7,10,14H,1,3,5,12H2. The van der Waals surface area contributed by atoms with Crippen molar-refractivity contribution in [3.8, 4) is 0 Å². The van der Waals surface area contributed by atoms with E-state index in [1.165, 1.54) is 0 Å². The zero-order valence-corrected chi connectivity index (χ0v) is 8.67. The molecule has 3 nitrogen and oxygen atoms in total. The fourth-order valence-electron chi connectivity index (χ4n) is 1.86. The predicted molar refractivity (Wildman–Crippen MR) is 57.2 cm³/mol. The van der Waals surface area contributed by atoms with Gasteiger partial charge < -0.3 is 11.1 Å². The lowest BCUT2D eigenvalue weighted by molar-refractivity contribution is 0.365. The molecule has 1 aromatic heterocycles. The number of nitrogens with two attached hydrogens (primary N) is 1. The van der Waals surface area contributed by atoms with Gasteiger partial charge in [0.2, 0.25) is 0 Å². The molecular weight excluding hydrogens is 198 g/mol. The van der Waals surface area contributed by atoms with Gasteiger partial charge in [0.1, 0.15) is 0 Å². The number of halogens is 1. The molecule has 2 rings (SSSR count). The first kappa shape index (κ1) is 9.90. The second-order valence-electron chi connectivity index (χ2n) is 3.68. The van der Waals surface area contributed by atoms with Crippen LogP contribution in [0.5, 0.6) is 0 Å². The lowest BCUT2D eigenvalue weighted by Gasteiger charge is -2.27. The summed E-state index contributed by atoms with van der Waals surface area (Å²) in [4.78, 5) is 4.33. The number of hydrogen-bond donors (Lipinski definition) is 2. The monoisotopic (exact) mass is 211 g/mol. The Morgan fingerprint density at radius 2 is 2.43 bits per heavy atom. The maximum absolute atomic E-state index is 5.91. The van der Waals surface area contributed by atoms with Crippen molar-refractivity contribution in [3.05, 3.63) is 29.0 Å². The zero-order chi connectivity index (χ0) is 9.97. The third-order valence-corrected chi connectivity index (χ3v) is 2.83. The van der Waals surface area contributed by atoms with Crippen molar-refractivity contribution in [2.45, 2.75) is 24.9 Å². The van der Waals surface area contributed by atoms with Crippen LogP contribution in [0.2, 0.25) is 5.02 Å². The van der Waals surface area contributed by atoms with Gasteiger partial charge in [0.15, 0.2) is 0 Å². The number of aromatic nitrogens is 1. The molecule has 1 aromatic rings. The summed E-state index contributed by atoms with van der Waals surface area (Å²) in [6.45, 7) is 0.958. The van der Waals surface area contributed by atoms with Crippen LogP contribution in [0.4, 0.5) is 0 Å². The summed E-state index contributed by atoms with van der Waals surface area (Å²) in [7, 11) is 0. The summed E-state index contributed by atoms with van der Waals surface area (Å²) in [6.07, 6.45) is 3.87. The van der Waals surface area contributed by atoms with Gasteiger partial charge in [-0.1, -0.05) is 11.6 Å². The first-order valence-corrected chi connectivity index (χ1v) is 5.24. The molecule has 1 aliphatic heterocycles. The molecule has 0 spiro atoms. The Hall–Kier alpha value is -0.640. The molecule has 0 aliphatic carbocycles. The van der Waals surface area contributed by atoms with E-state index in [9.17, 15) is 0 Å². The van der Waals surface area contributed by atoms with Gasteiger partial charge in [-0.25, -0.2) is 0 Å². The highest BCUT2D eigenvalue weighted by molar-refractivity contribution is 6.30. The Labute approximate surface area is 88.7 Å². The summed E-state index contributed by atoms with van der Waals surface area (Å²) in [5.74, 6) is 0.449. The average Bonchev–Trinajstić information content (AvgIpc) is 2.18. The minimum atomic E-state index is 0.0922. The van der Waals surface area contributed by atoms with Crippen LogP contribution in [-0.4, -0.2) is 17.7 Å². The number of nitrogens with one attached hydrogen (secondary N) is 1. The summed E-state index contributed by atoms with van der Waals surface area (Å²) >= 11 is 5.91. The Kier molecular flexibility index (Phi) is 3.01. The lowest BCUT2D eigenvalue weighted by atomic mass is 9.92. The average molecular weight is 212 g/mol. The highest BCUT2D eigenvalue weighted by Crippen LogP contribution is 2.26. The number of piperidine rings is 1. The Morgan fingerprint density at radius 1 is 1.57 bits per heavy atom. The van der Waals surface area contributed by atoms with E-state index in [1.54, 1.807) is 12.3 Å². The molecule has 2 heterocycles. The van der Waals surface area contributed by atoms with E-state index in [2.05, 4.69) is 10.3 Å². The summed E-state index contributed by atoms with van der Waals surface area (Å²) in [5, 5.41) is 3.97. The second-order valence-corrected chi connectivity index (χ2v) is 4.12. The van der Waals surface area contributed by atoms with E-state index in [0.717, 1.165) is 30.1 Å². The molecule has 0 bridgehead atoms. The van der Waals surface area contributed by atoms with Crippen LogP contribution >= 0.6 is 11.6 Å². The Bertz CT molecular complexity index is 316. The molecule has 0 amide bonds. The molecule has 14 heavy (non-hydrogen) atoms. The summed E-state index contributed by atoms with van der Waals surface area (Å²) in [5.41, 5.74) is 6.89. The molecule has 0 radical (unpaired) electrons. The summed E-state index contributed by atoms with van der Waals surface area (Å²) in [6, 6.07) is 3.73. The molecule has 76 valence electrons. The number of hydrogen-bond acceptors (Lipinski definition) is 3. The van der Waals surface area contributed by atoms with Crippen molar-refractivity contribution >= 4 is 11.6 Å².